The average molecular weight is 248 g/mol. The van der Waals surface area contributed by atoms with Gasteiger partial charge in [0.1, 0.15) is 5.75 Å². The molecule has 0 amide bonds. The molecule has 0 spiro atoms. The summed E-state index contributed by atoms with van der Waals surface area (Å²) in [6, 6.07) is 4.88. The zero-order chi connectivity index (χ0) is 13.3. The summed E-state index contributed by atoms with van der Waals surface area (Å²) >= 11 is 0. The molecule has 2 rings (SSSR count). The molecule has 0 saturated carbocycles. The van der Waals surface area contributed by atoms with E-state index in [2.05, 4.69) is 37.9 Å². The van der Waals surface area contributed by atoms with Gasteiger partial charge in [-0.3, -0.25) is 4.90 Å². The molecule has 1 aliphatic heterocycles. The Kier molecular flexibility index (Phi) is 3.93. The first-order chi connectivity index (χ1) is 8.58. The Morgan fingerprint density at radius 1 is 1.39 bits per heavy atom. The summed E-state index contributed by atoms with van der Waals surface area (Å²) in [4.78, 5) is 2.41. The van der Waals surface area contributed by atoms with Gasteiger partial charge in [0.05, 0.1) is 7.11 Å². The second kappa shape index (κ2) is 5.29. The minimum absolute atomic E-state index is 0.480. The molecule has 3 nitrogen and oxygen atoms in total. The lowest BCUT2D eigenvalue weighted by Gasteiger charge is -2.23. The molecule has 1 aromatic rings. The highest BCUT2D eigenvalue weighted by molar-refractivity contribution is 5.46. The van der Waals surface area contributed by atoms with E-state index in [0.29, 0.717) is 12.0 Å². The molecule has 1 saturated heterocycles. The van der Waals surface area contributed by atoms with Crippen LogP contribution in [0.15, 0.2) is 12.1 Å². The lowest BCUT2D eigenvalue weighted by molar-refractivity contribution is 0.311. The number of methoxy groups -OCH3 is 1. The molecule has 0 radical (unpaired) electrons. The van der Waals surface area contributed by atoms with Crippen molar-refractivity contribution in [3.05, 3.63) is 28.8 Å². The molecule has 100 valence electrons. The van der Waals surface area contributed by atoms with Gasteiger partial charge in [0.2, 0.25) is 0 Å². The van der Waals surface area contributed by atoms with Crippen molar-refractivity contribution in [1.82, 2.24) is 4.90 Å². The van der Waals surface area contributed by atoms with Crippen LogP contribution in [0.25, 0.3) is 0 Å². The van der Waals surface area contributed by atoms with Crippen LogP contribution in [0.4, 0.5) is 0 Å². The predicted octanol–water partition coefficient (Wildman–Crippen LogP) is 2.26. The van der Waals surface area contributed by atoms with Crippen molar-refractivity contribution in [1.29, 1.82) is 0 Å². The molecule has 2 N–H and O–H groups in total. The van der Waals surface area contributed by atoms with Crippen molar-refractivity contribution in [2.75, 3.05) is 27.2 Å². The highest BCUT2D eigenvalue weighted by Gasteiger charge is 2.31. The summed E-state index contributed by atoms with van der Waals surface area (Å²) in [5.41, 5.74) is 9.66. The fraction of sp³-hybridized carbons (Fsp3) is 0.600. The lowest BCUT2D eigenvalue weighted by Crippen LogP contribution is -2.21. The van der Waals surface area contributed by atoms with Crippen LogP contribution in [0, 0.1) is 19.8 Å². The third-order valence-electron chi connectivity index (χ3n) is 4.18. The summed E-state index contributed by atoms with van der Waals surface area (Å²) < 4.78 is 5.52. The summed E-state index contributed by atoms with van der Waals surface area (Å²) in [7, 11) is 3.94. The number of nitrogens with zero attached hydrogens (tertiary/aromatic N) is 1. The van der Waals surface area contributed by atoms with E-state index < -0.39 is 0 Å². The van der Waals surface area contributed by atoms with Gasteiger partial charge in [0, 0.05) is 12.6 Å². The molecule has 1 aliphatic rings. The van der Waals surface area contributed by atoms with E-state index in [0.717, 1.165) is 25.3 Å². The second-order valence-electron chi connectivity index (χ2n) is 5.42. The van der Waals surface area contributed by atoms with Crippen LogP contribution >= 0.6 is 0 Å². The van der Waals surface area contributed by atoms with Crippen LogP contribution in [0.1, 0.15) is 29.2 Å². The molecule has 1 fully saturated rings. The third-order valence-corrected chi connectivity index (χ3v) is 4.18. The molecule has 1 heterocycles. The molecule has 1 aromatic carbocycles. The van der Waals surface area contributed by atoms with Crippen molar-refractivity contribution in [2.24, 2.45) is 11.7 Å². The molecular weight excluding hydrogens is 224 g/mol. The Balaban J connectivity index is 2.34. The van der Waals surface area contributed by atoms with Crippen LogP contribution in [0.3, 0.4) is 0 Å². The number of ether oxygens (including phenoxy) is 1. The molecule has 2 atom stereocenters. The standard InChI is InChI=1S/C15H24N2O/c1-10-5-6-13(11(2)15(10)18-4)14-7-12(8-16)9-17(14)3/h5-6,12,14H,7-9,16H2,1-4H3. The zero-order valence-corrected chi connectivity index (χ0v) is 11.9. The molecule has 18 heavy (non-hydrogen) atoms. The van der Waals surface area contributed by atoms with E-state index in [-0.39, 0.29) is 0 Å². The van der Waals surface area contributed by atoms with Gasteiger partial charge < -0.3 is 10.5 Å². The number of likely N-dealkylation sites (tertiary alicyclic amines) is 1. The zero-order valence-electron chi connectivity index (χ0n) is 11.9. The van der Waals surface area contributed by atoms with Gasteiger partial charge in [-0.25, -0.2) is 0 Å². The molecule has 3 heteroatoms. The van der Waals surface area contributed by atoms with Crippen molar-refractivity contribution < 1.29 is 4.74 Å². The number of aryl methyl sites for hydroxylation is 1. The maximum Gasteiger partial charge on any atom is 0.125 e. The first-order valence-electron chi connectivity index (χ1n) is 6.62. The smallest absolute Gasteiger partial charge is 0.125 e. The Bertz CT molecular complexity index is 431. The normalized spacial score (nSPS) is 24.5. The van der Waals surface area contributed by atoms with Gasteiger partial charge in [-0.15, -0.1) is 0 Å². The van der Waals surface area contributed by atoms with E-state index in [1.807, 2.05) is 0 Å². The second-order valence-corrected chi connectivity index (χ2v) is 5.42. The van der Waals surface area contributed by atoms with Gasteiger partial charge in [-0.05, 0) is 56.5 Å². The first kappa shape index (κ1) is 13.4. The largest absolute Gasteiger partial charge is 0.496 e. The third kappa shape index (κ3) is 2.25. The summed E-state index contributed by atoms with van der Waals surface area (Å²) in [6.45, 7) is 6.13. The van der Waals surface area contributed by atoms with Gasteiger partial charge in [0.25, 0.3) is 0 Å². The van der Waals surface area contributed by atoms with Crippen LogP contribution in [0.5, 0.6) is 5.75 Å². The number of nitrogens with two attached hydrogens (primary N) is 1. The number of hydrogen-bond acceptors (Lipinski definition) is 3. The van der Waals surface area contributed by atoms with E-state index in [9.17, 15) is 0 Å². The highest BCUT2D eigenvalue weighted by Crippen LogP contribution is 2.38. The fourth-order valence-electron chi connectivity index (χ4n) is 3.16. The quantitative estimate of drug-likeness (QED) is 0.891. The van der Waals surface area contributed by atoms with E-state index in [4.69, 9.17) is 10.5 Å². The molecule has 0 aliphatic carbocycles. The molecule has 0 aromatic heterocycles. The van der Waals surface area contributed by atoms with Crippen molar-refractivity contribution in [3.63, 3.8) is 0 Å². The van der Waals surface area contributed by atoms with Gasteiger partial charge in [0.15, 0.2) is 0 Å². The molecule has 0 bridgehead atoms. The van der Waals surface area contributed by atoms with E-state index in [1.54, 1.807) is 7.11 Å². The Hall–Kier alpha value is -1.06. The Morgan fingerprint density at radius 2 is 2.11 bits per heavy atom. The SMILES string of the molecule is COc1c(C)ccc(C2CC(CN)CN2C)c1C. The summed E-state index contributed by atoms with van der Waals surface area (Å²) in [5, 5.41) is 0. The number of rotatable bonds is 3. The number of benzene rings is 1. The molecular formula is C15H24N2O. The van der Waals surface area contributed by atoms with Gasteiger partial charge in [-0.1, -0.05) is 12.1 Å². The number of hydrogen-bond donors (Lipinski definition) is 1. The topological polar surface area (TPSA) is 38.5 Å². The van der Waals surface area contributed by atoms with Gasteiger partial charge in [-0.2, -0.15) is 0 Å². The van der Waals surface area contributed by atoms with Gasteiger partial charge >= 0.3 is 0 Å². The minimum atomic E-state index is 0.480. The van der Waals surface area contributed by atoms with Crippen molar-refractivity contribution in [3.8, 4) is 5.75 Å². The summed E-state index contributed by atoms with van der Waals surface area (Å²) in [6.07, 6.45) is 1.15. The maximum absolute atomic E-state index is 5.80. The average Bonchev–Trinajstić information content (AvgIpc) is 2.71. The summed E-state index contributed by atoms with van der Waals surface area (Å²) in [5.74, 6) is 1.64. The van der Waals surface area contributed by atoms with Crippen molar-refractivity contribution in [2.45, 2.75) is 26.3 Å². The van der Waals surface area contributed by atoms with E-state index in [1.165, 1.54) is 16.7 Å². The van der Waals surface area contributed by atoms with E-state index >= 15 is 0 Å². The maximum atomic E-state index is 5.80. The first-order valence-corrected chi connectivity index (χ1v) is 6.62. The van der Waals surface area contributed by atoms with Crippen LogP contribution in [-0.2, 0) is 0 Å². The molecule has 2 unspecified atom stereocenters. The van der Waals surface area contributed by atoms with Crippen LogP contribution in [-0.4, -0.2) is 32.1 Å². The van der Waals surface area contributed by atoms with Crippen LogP contribution < -0.4 is 10.5 Å². The predicted molar refractivity (Wildman–Crippen MR) is 75.0 cm³/mol. The van der Waals surface area contributed by atoms with Crippen molar-refractivity contribution >= 4 is 0 Å². The monoisotopic (exact) mass is 248 g/mol. The Labute approximate surface area is 110 Å². The fourth-order valence-corrected chi connectivity index (χ4v) is 3.16. The minimum Gasteiger partial charge on any atom is -0.496 e. The highest BCUT2D eigenvalue weighted by atomic mass is 16.5. The van der Waals surface area contributed by atoms with Crippen LogP contribution in [0.2, 0.25) is 0 Å². The Morgan fingerprint density at radius 3 is 2.67 bits per heavy atom. The lowest BCUT2D eigenvalue weighted by atomic mass is 9.94.